The van der Waals surface area contributed by atoms with Crippen LogP contribution in [0.1, 0.15) is 0 Å². The van der Waals surface area contributed by atoms with Crippen LogP contribution >= 0.6 is 0 Å². The molecular weight excluding hydrogens is 156 g/mol. The summed E-state index contributed by atoms with van der Waals surface area (Å²) in [5.74, 6) is 3.50. The van der Waals surface area contributed by atoms with Crippen LogP contribution < -0.4 is 11.2 Å². The Kier molecular flexibility index (Phi) is 7.27. The van der Waals surface area contributed by atoms with Gasteiger partial charge in [-0.25, -0.2) is 5.90 Å². The highest BCUT2D eigenvalue weighted by Crippen LogP contribution is 2.02. The number of benzene rings is 1. The van der Waals surface area contributed by atoms with E-state index in [-0.39, 0.29) is 6.61 Å². The first kappa shape index (κ1) is 10.9. The van der Waals surface area contributed by atoms with Crippen LogP contribution in [0.2, 0.25) is 0 Å². The number of nitrogens with two attached hydrogens (primary N) is 1. The van der Waals surface area contributed by atoms with Crippen molar-refractivity contribution in [3.05, 3.63) is 30.3 Å². The molecule has 0 saturated carbocycles. The number of aliphatic hydroxyl groups is 1. The van der Waals surface area contributed by atoms with Gasteiger partial charge in [0.1, 0.15) is 0 Å². The Hall–Kier alpha value is -1.10. The smallest absolute Gasteiger partial charge is 0.0604 e. The molecule has 0 spiro atoms. The summed E-state index contributed by atoms with van der Waals surface area (Å²) >= 11 is 0. The van der Waals surface area contributed by atoms with Crippen LogP contribution in [0.25, 0.3) is 0 Å². The number of anilines is 1. The van der Waals surface area contributed by atoms with Gasteiger partial charge in [-0.1, -0.05) is 18.2 Å². The van der Waals surface area contributed by atoms with Gasteiger partial charge in [0, 0.05) is 12.2 Å². The summed E-state index contributed by atoms with van der Waals surface area (Å²) in [4.78, 5) is 0. The third-order valence-corrected chi connectivity index (χ3v) is 1.21. The Labute approximate surface area is 71.6 Å². The second-order valence-electron chi connectivity index (χ2n) is 2.02. The van der Waals surface area contributed by atoms with Gasteiger partial charge in [-0.3, -0.25) is 0 Å². The number of rotatable bonds is 3. The fourth-order valence-corrected chi connectivity index (χ4v) is 0.756. The van der Waals surface area contributed by atoms with Crippen LogP contribution in [0.4, 0.5) is 5.69 Å². The van der Waals surface area contributed by atoms with Gasteiger partial charge in [0.2, 0.25) is 0 Å². The zero-order valence-corrected chi connectivity index (χ0v) is 6.77. The summed E-state index contributed by atoms with van der Waals surface area (Å²) in [6, 6.07) is 9.81. The first-order chi connectivity index (χ1) is 5.93. The fourth-order valence-electron chi connectivity index (χ4n) is 0.756. The van der Waals surface area contributed by atoms with Crippen molar-refractivity contribution < 1.29 is 10.3 Å². The molecule has 1 rings (SSSR count). The molecule has 5 N–H and O–H groups in total. The molecule has 4 nitrogen and oxygen atoms in total. The molecule has 0 amide bonds. The van der Waals surface area contributed by atoms with Gasteiger partial charge in [0.25, 0.3) is 0 Å². The van der Waals surface area contributed by atoms with E-state index in [1.165, 1.54) is 0 Å². The second-order valence-corrected chi connectivity index (χ2v) is 2.02. The Morgan fingerprint density at radius 2 is 1.75 bits per heavy atom. The maximum absolute atomic E-state index is 8.47. The second kappa shape index (κ2) is 8.00. The molecule has 0 radical (unpaired) electrons. The molecule has 0 atom stereocenters. The lowest BCUT2D eigenvalue weighted by atomic mass is 10.3. The standard InChI is InChI=1S/C8H11NO.H3NO/c10-7-6-9-8-4-2-1-3-5-8;1-2/h1-5,9-10H,6-7H2;2H,1H2. The quantitative estimate of drug-likeness (QED) is 0.496. The van der Waals surface area contributed by atoms with Gasteiger partial charge < -0.3 is 15.6 Å². The summed E-state index contributed by atoms with van der Waals surface area (Å²) in [5, 5.41) is 18.0. The lowest BCUT2D eigenvalue weighted by molar-refractivity contribution is 0.311. The molecule has 0 aromatic heterocycles. The third-order valence-electron chi connectivity index (χ3n) is 1.21. The molecule has 0 unspecified atom stereocenters. The van der Waals surface area contributed by atoms with E-state index in [9.17, 15) is 0 Å². The first-order valence-corrected chi connectivity index (χ1v) is 3.59. The molecule has 1 aromatic carbocycles. The van der Waals surface area contributed by atoms with Gasteiger partial charge >= 0.3 is 0 Å². The predicted octanol–water partition coefficient (Wildman–Crippen LogP) is 0.425. The minimum absolute atomic E-state index is 0.175. The Morgan fingerprint density at radius 1 is 1.17 bits per heavy atom. The minimum Gasteiger partial charge on any atom is -0.395 e. The molecule has 0 saturated heterocycles. The minimum atomic E-state index is 0.175. The molecule has 1 aromatic rings. The highest BCUT2D eigenvalue weighted by Gasteiger charge is 1.84. The fraction of sp³-hybridized carbons (Fsp3) is 0.250. The molecule has 0 aliphatic heterocycles. The average molecular weight is 170 g/mol. The number of nitrogens with one attached hydrogen (secondary N) is 1. The highest BCUT2D eigenvalue weighted by atomic mass is 16.4. The number of hydrogen-bond donors (Lipinski definition) is 4. The van der Waals surface area contributed by atoms with Crippen LogP contribution in [0.3, 0.4) is 0 Å². The predicted molar refractivity (Wildman–Crippen MR) is 48.0 cm³/mol. The van der Waals surface area contributed by atoms with Crippen LogP contribution in [0.15, 0.2) is 30.3 Å². The first-order valence-electron chi connectivity index (χ1n) is 3.59. The maximum Gasteiger partial charge on any atom is 0.0604 e. The van der Waals surface area contributed by atoms with E-state index in [1.54, 1.807) is 0 Å². The number of para-hydroxylation sites is 1. The van der Waals surface area contributed by atoms with E-state index in [0.29, 0.717) is 6.54 Å². The molecule has 4 heteroatoms. The maximum atomic E-state index is 8.47. The summed E-state index contributed by atoms with van der Waals surface area (Å²) in [7, 11) is 0. The van der Waals surface area contributed by atoms with Gasteiger partial charge in [-0.2, -0.15) is 0 Å². The molecule has 0 bridgehead atoms. The summed E-state index contributed by atoms with van der Waals surface area (Å²) < 4.78 is 0. The molecule has 0 heterocycles. The van der Waals surface area contributed by atoms with Gasteiger partial charge in [0.15, 0.2) is 0 Å². The van der Waals surface area contributed by atoms with Crippen molar-refractivity contribution in [3.63, 3.8) is 0 Å². The Morgan fingerprint density at radius 3 is 2.25 bits per heavy atom. The SMILES string of the molecule is NO.OCCNc1ccccc1. The van der Waals surface area contributed by atoms with Crippen molar-refractivity contribution in [1.29, 1.82) is 0 Å². The lowest BCUT2D eigenvalue weighted by Gasteiger charge is -2.01. The van der Waals surface area contributed by atoms with Crippen LogP contribution in [0.5, 0.6) is 0 Å². The van der Waals surface area contributed by atoms with E-state index in [4.69, 9.17) is 10.3 Å². The van der Waals surface area contributed by atoms with Crippen LogP contribution in [0, 0.1) is 0 Å². The van der Waals surface area contributed by atoms with Crippen molar-refractivity contribution >= 4 is 5.69 Å². The molecule has 0 aliphatic rings. The van der Waals surface area contributed by atoms with Crippen molar-refractivity contribution in [2.45, 2.75) is 0 Å². The number of aliphatic hydroxyl groups excluding tert-OH is 1. The van der Waals surface area contributed by atoms with Crippen LogP contribution in [-0.2, 0) is 0 Å². The molecule has 0 fully saturated rings. The molecule has 68 valence electrons. The van der Waals surface area contributed by atoms with Gasteiger partial charge in [-0.15, -0.1) is 0 Å². The van der Waals surface area contributed by atoms with Crippen molar-refractivity contribution in [2.24, 2.45) is 5.90 Å². The number of hydrogen-bond acceptors (Lipinski definition) is 4. The molecule has 12 heavy (non-hydrogen) atoms. The average Bonchev–Trinajstić information content (AvgIpc) is 2.19. The normalized spacial score (nSPS) is 8.25. The van der Waals surface area contributed by atoms with E-state index in [2.05, 4.69) is 11.2 Å². The van der Waals surface area contributed by atoms with Gasteiger partial charge in [0.05, 0.1) is 6.61 Å². The molecule has 0 aliphatic carbocycles. The van der Waals surface area contributed by atoms with Gasteiger partial charge in [-0.05, 0) is 12.1 Å². The Balaban J connectivity index is 0.000000561. The molecular formula is C8H14N2O2. The Bertz CT molecular complexity index is 180. The van der Waals surface area contributed by atoms with Crippen molar-refractivity contribution in [2.75, 3.05) is 18.5 Å². The van der Waals surface area contributed by atoms with E-state index in [0.717, 1.165) is 5.69 Å². The van der Waals surface area contributed by atoms with E-state index < -0.39 is 0 Å². The largest absolute Gasteiger partial charge is 0.395 e. The lowest BCUT2D eigenvalue weighted by Crippen LogP contribution is -2.04. The summed E-state index contributed by atoms with van der Waals surface area (Å²) in [5.41, 5.74) is 1.05. The van der Waals surface area contributed by atoms with Crippen LogP contribution in [-0.4, -0.2) is 23.5 Å². The van der Waals surface area contributed by atoms with E-state index >= 15 is 0 Å². The summed E-state index contributed by atoms with van der Waals surface area (Å²) in [6.45, 7) is 0.791. The van der Waals surface area contributed by atoms with Crippen molar-refractivity contribution in [1.82, 2.24) is 0 Å². The van der Waals surface area contributed by atoms with Crippen molar-refractivity contribution in [3.8, 4) is 0 Å². The monoisotopic (exact) mass is 170 g/mol. The third kappa shape index (κ3) is 4.68. The zero-order valence-electron chi connectivity index (χ0n) is 6.77. The summed E-state index contributed by atoms with van der Waals surface area (Å²) in [6.07, 6.45) is 0. The highest BCUT2D eigenvalue weighted by molar-refractivity contribution is 5.42. The van der Waals surface area contributed by atoms with E-state index in [1.807, 2.05) is 30.3 Å². The topological polar surface area (TPSA) is 78.5 Å². The zero-order chi connectivity index (χ0) is 9.23.